The fourth-order valence-corrected chi connectivity index (χ4v) is 2.56. The molecule has 3 heterocycles. The number of nitrogens with two attached hydrogens (primary N) is 1. The zero-order valence-corrected chi connectivity index (χ0v) is 12.0. The third-order valence-corrected chi connectivity index (χ3v) is 3.52. The number of anilines is 1. The summed E-state index contributed by atoms with van der Waals surface area (Å²) >= 11 is 0. The van der Waals surface area contributed by atoms with Crippen molar-refractivity contribution in [2.75, 3.05) is 12.3 Å². The van der Waals surface area contributed by atoms with E-state index in [1.807, 2.05) is 0 Å². The molecule has 0 aliphatic carbocycles. The van der Waals surface area contributed by atoms with Crippen molar-refractivity contribution in [1.29, 1.82) is 0 Å². The summed E-state index contributed by atoms with van der Waals surface area (Å²) in [6, 6.07) is 0. The Morgan fingerprint density at radius 2 is 2.35 bits per heavy atom. The number of hydrogen-bond donors (Lipinski definition) is 4. The molecule has 2 aromatic heterocycles. The van der Waals surface area contributed by atoms with Gasteiger partial charge in [-0.2, -0.15) is 4.98 Å². The highest BCUT2D eigenvalue weighted by Gasteiger charge is 2.47. The van der Waals surface area contributed by atoms with E-state index in [1.165, 1.54) is 17.8 Å². The number of aliphatic hydroxyl groups is 2. The normalized spacial score (nSPS) is 27.4. The van der Waals surface area contributed by atoms with Gasteiger partial charge in [-0.3, -0.25) is 19.1 Å². The van der Waals surface area contributed by atoms with Crippen molar-refractivity contribution in [3.8, 4) is 0 Å². The van der Waals surface area contributed by atoms with Crippen molar-refractivity contribution in [3.63, 3.8) is 0 Å². The Morgan fingerprint density at radius 1 is 1.61 bits per heavy atom. The second kappa shape index (κ2) is 5.61. The SMILES string of the molecule is CC(=O)O[C@H]1[C@@H](O)[C@H](n2cnc3c(=O)[nH]c(N)nc32)O[C@@H]1CO. The maximum Gasteiger partial charge on any atom is 0.303 e. The number of aliphatic hydroxyl groups excluding tert-OH is 2. The predicted molar refractivity (Wildman–Crippen MR) is 75.1 cm³/mol. The van der Waals surface area contributed by atoms with Gasteiger partial charge in [0.25, 0.3) is 5.56 Å². The maximum atomic E-state index is 11.8. The lowest BCUT2D eigenvalue weighted by atomic mass is 10.1. The van der Waals surface area contributed by atoms with E-state index in [1.54, 1.807) is 0 Å². The van der Waals surface area contributed by atoms with Crippen LogP contribution in [0.15, 0.2) is 11.1 Å². The topological polar surface area (TPSA) is 166 Å². The highest BCUT2D eigenvalue weighted by molar-refractivity contribution is 5.70. The molecule has 2 aromatic rings. The Labute approximate surface area is 128 Å². The number of carbonyl (C=O) groups is 1. The Kier molecular flexibility index (Phi) is 3.75. The highest BCUT2D eigenvalue weighted by atomic mass is 16.6. The van der Waals surface area contributed by atoms with E-state index in [2.05, 4.69) is 15.0 Å². The Hall–Kier alpha value is -2.50. The average molecular weight is 325 g/mol. The minimum absolute atomic E-state index is 0.0199. The van der Waals surface area contributed by atoms with Gasteiger partial charge in [-0.25, -0.2) is 4.98 Å². The summed E-state index contributed by atoms with van der Waals surface area (Å²) in [6.07, 6.45) is -3.05. The molecule has 0 amide bonds. The molecular formula is C12H15N5O6. The standard InChI is InChI=1S/C12H15N5O6/c1-4(19)22-8-5(2-18)23-11(7(8)20)17-3-14-6-9(17)15-12(13)16-10(6)21/h3,5,7-8,11,18,20H,2H2,1H3,(H3,13,15,16,21)/t5-,7-,8-,11-/m1/s1. The average Bonchev–Trinajstić information content (AvgIpc) is 3.01. The molecule has 4 atom stereocenters. The van der Waals surface area contributed by atoms with E-state index >= 15 is 0 Å². The van der Waals surface area contributed by atoms with E-state index in [0.29, 0.717) is 0 Å². The molecule has 23 heavy (non-hydrogen) atoms. The van der Waals surface area contributed by atoms with Gasteiger partial charge in [-0.15, -0.1) is 0 Å². The number of nitrogens with zero attached hydrogens (tertiary/aromatic N) is 3. The first-order valence-corrected chi connectivity index (χ1v) is 6.76. The van der Waals surface area contributed by atoms with Gasteiger partial charge in [0.1, 0.15) is 12.2 Å². The molecule has 5 N–H and O–H groups in total. The molecule has 0 bridgehead atoms. The molecule has 0 spiro atoms. The van der Waals surface area contributed by atoms with Crippen LogP contribution < -0.4 is 11.3 Å². The first-order valence-electron chi connectivity index (χ1n) is 6.76. The number of fused-ring (bicyclic) bond motifs is 1. The first-order chi connectivity index (χ1) is 10.9. The van der Waals surface area contributed by atoms with E-state index in [-0.39, 0.29) is 17.1 Å². The number of nitrogen functional groups attached to an aromatic ring is 1. The van der Waals surface area contributed by atoms with Gasteiger partial charge >= 0.3 is 5.97 Å². The fraction of sp³-hybridized carbons (Fsp3) is 0.500. The summed E-state index contributed by atoms with van der Waals surface area (Å²) < 4.78 is 11.8. The zero-order valence-electron chi connectivity index (χ0n) is 12.0. The molecule has 0 saturated carbocycles. The number of imidazole rings is 1. The molecule has 0 aromatic carbocycles. The van der Waals surface area contributed by atoms with E-state index in [9.17, 15) is 19.8 Å². The smallest absolute Gasteiger partial charge is 0.303 e. The quantitative estimate of drug-likeness (QED) is 0.462. The van der Waals surface area contributed by atoms with Crippen LogP contribution >= 0.6 is 0 Å². The third-order valence-electron chi connectivity index (χ3n) is 3.52. The van der Waals surface area contributed by atoms with Crippen LogP contribution in [0.3, 0.4) is 0 Å². The Morgan fingerprint density at radius 3 is 3.00 bits per heavy atom. The van der Waals surface area contributed by atoms with Crippen molar-refractivity contribution < 1.29 is 24.5 Å². The van der Waals surface area contributed by atoms with Crippen LogP contribution in [0.2, 0.25) is 0 Å². The number of H-pyrrole nitrogens is 1. The van der Waals surface area contributed by atoms with Crippen LogP contribution in [-0.2, 0) is 14.3 Å². The van der Waals surface area contributed by atoms with Crippen LogP contribution in [0, 0.1) is 0 Å². The number of aromatic amines is 1. The van der Waals surface area contributed by atoms with Crippen molar-refractivity contribution >= 4 is 23.1 Å². The van der Waals surface area contributed by atoms with Crippen molar-refractivity contribution in [2.24, 2.45) is 0 Å². The Balaban J connectivity index is 2.02. The lowest BCUT2D eigenvalue weighted by molar-refractivity contribution is -0.153. The number of ether oxygens (including phenoxy) is 2. The lowest BCUT2D eigenvalue weighted by Crippen LogP contribution is -2.37. The molecule has 1 aliphatic rings. The molecule has 0 radical (unpaired) electrons. The summed E-state index contributed by atoms with van der Waals surface area (Å²) in [6.45, 7) is 0.719. The molecule has 3 rings (SSSR count). The lowest BCUT2D eigenvalue weighted by Gasteiger charge is -2.19. The molecule has 11 heteroatoms. The molecule has 11 nitrogen and oxygen atoms in total. The molecule has 1 saturated heterocycles. The third kappa shape index (κ3) is 2.54. The number of aromatic nitrogens is 4. The van der Waals surface area contributed by atoms with Gasteiger partial charge in [0, 0.05) is 6.92 Å². The summed E-state index contributed by atoms with van der Waals surface area (Å²) in [4.78, 5) is 33.1. The second-order valence-corrected chi connectivity index (χ2v) is 5.09. The van der Waals surface area contributed by atoms with Crippen LogP contribution in [0.1, 0.15) is 13.2 Å². The zero-order chi connectivity index (χ0) is 16.7. The van der Waals surface area contributed by atoms with Gasteiger partial charge in [-0.05, 0) is 0 Å². The molecule has 0 unspecified atom stereocenters. The van der Waals surface area contributed by atoms with Gasteiger partial charge in [0.2, 0.25) is 5.95 Å². The van der Waals surface area contributed by atoms with Gasteiger partial charge < -0.3 is 25.4 Å². The predicted octanol–water partition coefficient (Wildman–Crippen LogP) is -2.12. The number of rotatable bonds is 3. The van der Waals surface area contributed by atoms with Crippen LogP contribution in [-0.4, -0.2) is 60.6 Å². The second-order valence-electron chi connectivity index (χ2n) is 5.09. The summed E-state index contributed by atoms with van der Waals surface area (Å²) in [5.74, 6) is -0.738. The van der Waals surface area contributed by atoms with Crippen molar-refractivity contribution in [1.82, 2.24) is 19.5 Å². The van der Waals surface area contributed by atoms with Crippen LogP contribution in [0.4, 0.5) is 5.95 Å². The molecule has 1 aliphatic heterocycles. The Bertz CT molecular complexity index is 801. The van der Waals surface area contributed by atoms with Gasteiger partial charge in [0.05, 0.1) is 12.9 Å². The molecular weight excluding hydrogens is 310 g/mol. The van der Waals surface area contributed by atoms with Gasteiger partial charge in [0.15, 0.2) is 23.5 Å². The largest absolute Gasteiger partial charge is 0.457 e. The molecule has 124 valence electrons. The fourth-order valence-electron chi connectivity index (χ4n) is 2.56. The summed E-state index contributed by atoms with van der Waals surface area (Å²) in [5, 5.41) is 19.7. The number of esters is 1. The number of hydrogen-bond acceptors (Lipinski definition) is 9. The number of nitrogens with one attached hydrogen (secondary N) is 1. The number of carbonyl (C=O) groups excluding carboxylic acids is 1. The van der Waals surface area contributed by atoms with Crippen LogP contribution in [0.5, 0.6) is 0 Å². The van der Waals surface area contributed by atoms with E-state index in [4.69, 9.17) is 15.2 Å². The highest BCUT2D eigenvalue weighted by Crippen LogP contribution is 2.32. The maximum absolute atomic E-state index is 11.8. The van der Waals surface area contributed by atoms with Crippen LogP contribution in [0.25, 0.3) is 11.2 Å². The van der Waals surface area contributed by atoms with Crippen molar-refractivity contribution in [3.05, 3.63) is 16.7 Å². The minimum Gasteiger partial charge on any atom is -0.457 e. The monoisotopic (exact) mass is 325 g/mol. The van der Waals surface area contributed by atoms with E-state index < -0.39 is 42.7 Å². The van der Waals surface area contributed by atoms with Crippen molar-refractivity contribution in [2.45, 2.75) is 31.5 Å². The first kappa shape index (κ1) is 15.4. The minimum atomic E-state index is -1.28. The van der Waals surface area contributed by atoms with Gasteiger partial charge in [-0.1, -0.05) is 0 Å². The summed E-state index contributed by atoms with van der Waals surface area (Å²) in [5.41, 5.74) is 5.11. The molecule has 1 fully saturated rings. The van der Waals surface area contributed by atoms with E-state index in [0.717, 1.165) is 0 Å². The summed E-state index contributed by atoms with van der Waals surface area (Å²) in [7, 11) is 0.